The summed E-state index contributed by atoms with van der Waals surface area (Å²) >= 11 is 8.79. The van der Waals surface area contributed by atoms with Gasteiger partial charge in [0.15, 0.2) is 0 Å². The van der Waals surface area contributed by atoms with Crippen LogP contribution in [0.5, 0.6) is 5.75 Å². The van der Waals surface area contributed by atoms with Crippen LogP contribution in [0.3, 0.4) is 0 Å². The normalized spacial score (nSPS) is 14.8. The molecule has 1 atom stereocenters. The Morgan fingerprint density at radius 2 is 2.19 bits per heavy atom. The standard InChI is InChI=1S/C15H16Br2N2OS/c16-14-8-11(15(17)21-14)12(19-18)3-1-9-2-4-13-10(7-9)5-6-20-13/h2,4,7-8,12,19H,1,3,5-6,18H2. The number of fused-ring (bicyclic) bond motifs is 1. The van der Waals surface area contributed by atoms with Gasteiger partial charge in [0.05, 0.1) is 14.2 Å². The fraction of sp³-hybridized carbons (Fsp3) is 0.333. The Bertz CT molecular complexity index is 645. The van der Waals surface area contributed by atoms with Gasteiger partial charge in [-0.1, -0.05) is 12.1 Å². The van der Waals surface area contributed by atoms with E-state index in [1.165, 1.54) is 16.7 Å². The summed E-state index contributed by atoms with van der Waals surface area (Å²) in [7, 11) is 0. The first kappa shape index (κ1) is 15.5. The van der Waals surface area contributed by atoms with E-state index in [1.807, 2.05) is 0 Å². The van der Waals surface area contributed by atoms with Crippen LogP contribution in [0.25, 0.3) is 0 Å². The molecule has 0 fully saturated rings. The molecular weight excluding hydrogens is 416 g/mol. The molecule has 0 saturated heterocycles. The molecule has 0 amide bonds. The van der Waals surface area contributed by atoms with Crippen LogP contribution < -0.4 is 16.0 Å². The highest BCUT2D eigenvalue weighted by atomic mass is 79.9. The lowest BCUT2D eigenvalue weighted by Crippen LogP contribution is -2.28. The molecule has 2 aromatic rings. The maximum absolute atomic E-state index is 5.74. The highest BCUT2D eigenvalue weighted by Gasteiger charge is 2.17. The summed E-state index contributed by atoms with van der Waals surface area (Å²) in [5.74, 6) is 6.77. The number of nitrogens with one attached hydrogen (secondary N) is 1. The number of benzene rings is 1. The van der Waals surface area contributed by atoms with Crippen molar-refractivity contribution in [2.24, 2.45) is 5.84 Å². The van der Waals surface area contributed by atoms with Gasteiger partial charge in [-0.3, -0.25) is 11.3 Å². The SMILES string of the molecule is NNC(CCc1ccc2c(c1)CCO2)c1cc(Br)sc1Br. The number of thiophene rings is 1. The third kappa shape index (κ3) is 3.51. The Balaban J connectivity index is 1.69. The number of halogens is 2. The van der Waals surface area contributed by atoms with E-state index in [9.17, 15) is 0 Å². The molecule has 1 aromatic heterocycles. The van der Waals surface area contributed by atoms with E-state index < -0.39 is 0 Å². The van der Waals surface area contributed by atoms with Crippen molar-refractivity contribution in [2.75, 3.05) is 6.61 Å². The number of hydrogen-bond acceptors (Lipinski definition) is 4. The molecule has 2 heterocycles. The van der Waals surface area contributed by atoms with Crippen LogP contribution in [0, 0.1) is 0 Å². The van der Waals surface area contributed by atoms with Gasteiger partial charge in [-0.15, -0.1) is 11.3 Å². The molecule has 1 unspecified atom stereocenters. The highest BCUT2D eigenvalue weighted by molar-refractivity contribution is 9.12. The number of hydrazine groups is 1. The molecule has 1 aliphatic heterocycles. The Kier molecular flexibility index (Phi) is 5.01. The van der Waals surface area contributed by atoms with Gasteiger partial charge in [-0.05, 0) is 73.5 Å². The summed E-state index contributed by atoms with van der Waals surface area (Å²) in [6, 6.07) is 8.76. The van der Waals surface area contributed by atoms with Crippen LogP contribution in [-0.2, 0) is 12.8 Å². The molecule has 0 radical (unpaired) electrons. The molecule has 3 nitrogen and oxygen atoms in total. The molecule has 21 heavy (non-hydrogen) atoms. The Labute approximate surface area is 145 Å². The van der Waals surface area contributed by atoms with Gasteiger partial charge in [0, 0.05) is 12.5 Å². The Morgan fingerprint density at radius 3 is 2.90 bits per heavy atom. The zero-order valence-electron chi connectivity index (χ0n) is 11.4. The summed E-state index contributed by atoms with van der Waals surface area (Å²) < 4.78 is 7.78. The largest absolute Gasteiger partial charge is 0.493 e. The van der Waals surface area contributed by atoms with E-state index in [0.29, 0.717) is 0 Å². The third-order valence-electron chi connectivity index (χ3n) is 3.74. The number of rotatable bonds is 5. The molecule has 3 N–H and O–H groups in total. The average Bonchev–Trinajstić information content (AvgIpc) is 3.05. The zero-order valence-corrected chi connectivity index (χ0v) is 15.4. The Morgan fingerprint density at radius 1 is 1.33 bits per heavy atom. The van der Waals surface area contributed by atoms with Crippen LogP contribution >= 0.6 is 43.2 Å². The van der Waals surface area contributed by atoms with Gasteiger partial charge < -0.3 is 4.74 Å². The minimum Gasteiger partial charge on any atom is -0.493 e. The lowest BCUT2D eigenvalue weighted by molar-refractivity contribution is 0.357. The summed E-state index contributed by atoms with van der Waals surface area (Å²) in [4.78, 5) is 0. The van der Waals surface area contributed by atoms with Crippen molar-refractivity contribution >= 4 is 43.2 Å². The average molecular weight is 432 g/mol. The van der Waals surface area contributed by atoms with Crippen molar-refractivity contribution < 1.29 is 4.74 Å². The van der Waals surface area contributed by atoms with E-state index in [4.69, 9.17) is 10.6 Å². The van der Waals surface area contributed by atoms with E-state index in [-0.39, 0.29) is 6.04 Å². The molecule has 112 valence electrons. The number of ether oxygens (including phenoxy) is 1. The van der Waals surface area contributed by atoms with Crippen molar-refractivity contribution in [2.45, 2.75) is 25.3 Å². The minimum absolute atomic E-state index is 0.145. The number of hydrogen-bond donors (Lipinski definition) is 2. The molecule has 1 aromatic carbocycles. The van der Waals surface area contributed by atoms with Crippen LogP contribution in [0.1, 0.15) is 29.2 Å². The molecule has 1 aliphatic rings. The Hall–Kier alpha value is -0.400. The second-order valence-electron chi connectivity index (χ2n) is 5.08. The van der Waals surface area contributed by atoms with Crippen LogP contribution in [-0.4, -0.2) is 6.61 Å². The topological polar surface area (TPSA) is 47.3 Å². The molecule has 0 aliphatic carbocycles. The zero-order chi connectivity index (χ0) is 14.8. The third-order valence-corrected chi connectivity index (χ3v) is 6.12. The van der Waals surface area contributed by atoms with Crippen molar-refractivity contribution in [1.82, 2.24) is 5.43 Å². The molecule has 0 bridgehead atoms. The summed E-state index contributed by atoms with van der Waals surface area (Å²) in [5, 5.41) is 0. The van der Waals surface area contributed by atoms with Crippen LogP contribution in [0.15, 0.2) is 31.8 Å². The predicted octanol–water partition coefficient (Wildman–Crippen LogP) is 4.35. The van der Waals surface area contributed by atoms with E-state index >= 15 is 0 Å². The van der Waals surface area contributed by atoms with E-state index in [0.717, 1.165) is 39.2 Å². The lowest BCUT2D eigenvalue weighted by Gasteiger charge is -2.15. The first-order valence-electron chi connectivity index (χ1n) is 6.83. The van der Waals surface area contributed by atoms with Crippen molar-refractivity contribution in [1.29, 1.82) is 0 Å². The minimum atomic E-state index is 0.145. The molecular formula is C15H16Br2N2OS. The number of aryl methyl sites for hydroxylation is 1. The van der Waals surface area contributed by atoms with Gasteiger partial charge in [-0.25, -0.2) is 0 Å². The molecule has 3 rings (SSSR count). The van der Waals surface area contributed by atoms with Gasteiger partial charge in [0.2, 0.25) is 0 Å². The van der Waals surface area contributed by atoms with Gasteiger partial charge in [-0.2, -0.15) is 0 Å². The maximum Gasteiger partial charge on any atom is 0.122 e. The van der Waals surface area contributed by atoms with Crippen molar-refractivity contribution in [3.05, 3.63) is 48.5 Å². The van der Waals surface area contributed by atoms with E-state index in [1.54, 1.807) is 11.3 Å². The van der Waals surface area contributed by atoms with Crippen LogP contribution in [0.2, 0.25) is 0 Å². The second kappa shape index (κ2) is 6.79. The van der Waals surface area contributed by atoms with Gasteiger partial charge >= 0.3 is 0 Å². The van der Waals surface area contributed by atoms with Gasteiger partial charge in [0.25, 0.3) is 0 Å². The highest BCUT2D eigenvalue weighted by Crippen LogP contribution is 2.37. The summed E-state index contributed by atoms with van der Waals surface area (Å²) in [6.45, 7) is 0.807. The van der Waals surface area contributed by atoms with Crippen molar-refractivity contribution in [3.8, 4) is 5.75 Å². The summed E-state index contributed by atoms with van der Waals surface area (Å²) in [6.07, 6.45) is 2.96. The fourth-order valence-electron chi connectivity index (χ4n) is 2.63. The van der Waals surface area contributed by atoms with E-state index in [2.05, 4.69) is 61.6 Å². The number of nitrogens with two attached hydrogens (primary N) is 1. The monoisotopic (exact) mass is 430 g/mol. The maximum atomic E-state index is 5.74. The second-order valence-corrected chi connectivity index (χ2v) is 8.83. The fourth-order valence-corrected chi connectivity index (χ4v) is 5.60. The smallest absolute Gasteiger partial charge is 0.122 e. The van der Waals surface area contributed by atoms with Crippen molar-refractivity contribution in [3.63, 3.8) is 0 Å². The van der Waals surface area contributed by atoms with Crippen LogP contribution in [0.4, 0.5) is 0 Å². The summed E-state index contributed by atoms with van der Waals surface area (Å²) in [5.41, 5.74) is 6.79. The first-order chi connectivity index (χ1) is 10.2. The quantitative estimate of drug-likeness (QED) is 0.546. The molecule has 0 spiro atoms. The molecule has 0 saturated carbocycles. The van der Waals surface area contributed by atoms with Gasteiger partial charge in [0.1, 0.15) is 5.75 Å². The lowest BCUT2D eigenvalue weighted by atomic mass is 10.00. The molecule has 6 heteroatoms. The predicted molar refractivity (Wildman–Crippen MR) is 93.7 cm³/mol. The first-order valence-corrected chi connectivity index (χ1v) is 9.23.